The molecule has 0 aromatic heterocycles. The summed E-state index contributed by atoms with van der Waals surface area (Å²) in [5.74, 6) is -0.134. The van der Waals surface area contributed by atoms with E-state index in [0.717, 1.165) is 5.56 Å². The van der Waals surface area contributed by atoms with Gasteiger partial charge in [-0.15, -0.1) is 0 Å². The first-order valence-electron chi connectivity index (χ1n) is 5.74. The Balaban J connectivity index is 2.57. The lowest BCUT2D eigenvalue weighted by Crippen LogP contribution is -2.27. The molecule has 0 spiro atoms. The third-order valence-corrected chi connectivity index (χ3v) is 2.85. The first-order chi connectivity index (χ1) is 7.65. The van der Waals surface area contributed by atoms with Gasteiger partial charge in [0, 0.05) is 5.92 Å². The Hall–Kier alpha value is -1.12. The summed E-state index contributed by atoms with van der Waals surface area (Å²) in [5.41, 5.74) is 1.06. The van der Waals surface area contributed by atoms with Gasteiger partial charge >= 0.3 is 0 Å². The summed E-state index contributed by atoms with van der Waals surface area (Å²) in [6.45, 7) is 3.77. The van der Waals surface area contributed by atoms with Crippen molar-refractivity contribution < 1.29 is 10.2 Å². The average Bonchev–Trinajstić information content (AvgIpc) is 2.35. The van der Waals surface area contributed by atoms with Crippen LogP contribution in [0.5, 0.6) is 0 Å². The van der Waals surface area contributed by atoms with Crippen molar-refractivity contribution in [2.45, 2.75) is 32.5 Å². The van der Waals surface area contributed by atoms with Crippen molar-refractivity contribution in [2.24, 2.45) is 5.92 Å². The zero-order chi connectivity index (χ0) is 12.0. The fourth-order valence-corrected chi connectivity index (χ4v) is 1.55. The number of hydrogen-bond acceptors (Lipinski definition) is 2. The van der Waals surface area contributed by atoms with Crippen LogP contribution in [0.3, 0.4) is 0 Å². The molecule has 0 heterocycles. The van der Waals surface area contributed by atoms with Crippen LogP contribution >= 0.6 is 0 Å². The highest BCUT2D eigenvalue weighted by atomic mass is 16.3. The summed E-state index contributed by atoms with van der Waals surface area (Å²) in [4.78, 5) is 0. The van der Waals surface area contributed by atoms with Crippen molar-refractivity contribution in [1.82, 2.24) is 0 Å². The standard InChI is InChI=1S/C14H20O2/c1-3-13(15)11(2)14(16)10-9-12-7-5-4-6-8-12/h4-11,13-16H,3H2,1-2H3/b10-9+/t11-,13+,14+/m1/s1. The normalized spacial score (nSPS) is 17.2. The maximum atomic E-state index is 9.83. The quantitative estimate of drug-likeness (QED) is 0.800. The highest BCUT2D eigenvalue weighted by Crippen LogP contribution is 2.14. The predicted octanol–water partition coefficient (Wildman–Crippen LogP) is 2.47. The van der Waals surface area contributed by atoms with Crippen LogP contribution in [-0.2, 0) is 0 Å². The number of rotatable bonds is 5. The van der Waals surface area contributed by atoms with Gasteiger partial charge in [-0.25, -0.2) is 0 Å². The highest BCUT2D eigenvalue weighted by molar-refractivity contribution is 5.49. The molecule has 1 aromatic rings. The number of aliphatic hydroxyl groups is 2. The minimum absolute atomic E-state index is 0.134. The van der Waals surface area contributed by atoms with Gasteiger partial charge in [0.05, 0.1) is 12.2 Å². The minimum Gasteiger partial charge on any atom is -0.393 e. The van der Waals surface area contributed by atoms with E-state index in [9.17, 15) is 10.2 Å². The van der Waals surface area contributed by atoms with E-state index in [0.29, 0.717) is 6.42 Å². The number of hydrogen-bond donors (Lipinski definition) is 2. The van der Waals surface area contributed by atoms with Crippen LogP contribution in [0.1, 0.15) is 25.8 Å². The van der Waals surface area contributed by atoms with E-state index in [1.165, 1.54) is 0 Å². The summed E-state index contributed by atoms with van der Waals surface area (Å²) in [5, 5.41) is 19.4. The van der Waals surface area contributed by atoms with E-state index >= 15 is 0 Å². The van der Waals surface area contributed by atoms with Crippen LogP contribution in [0.25, 0.3) is 6.08 Å². The first kappa shape index (κ1) is 12.9. The molecule has 0 fully saturated rings. The molecule has 0 radical (unpaired) electrons. The molecule has 3 atom stereocenters. The maximum absolute atomic E-state index is 9.83. The molecule has 1 aromatic carbocycles. The van der Waals surface area contributed by atoms with Crippen molar-refractivity contribution in [3.05, 3.63) is 42.0 Å². The van der Waals surface area contributed by atoms with E-state index in [1.807, 2.05) is 50.3 Å². The lowest BCUT2D eigenvalue weighted by molar-refractivity contribution is 0.0433. The Kier molecular flexibility index (Phi) is 5.23. The molecule has 0 aliphatic heterocycles. The van der Waals surface area contributed by atoms with Crippen LogP contribution in [0, 0.1) is 5.92 Å². The second-order valence-corrected chi connectivity index (χ2v) is 4.10. The molecule has 88 valence electrons. The number of benzene rings is 1. The summed E-state index contributed by atoms with van der Waals surface area (Å²) >= 11 is 0. The van der Waals surface area contributed by atoms with Crippen molar-refractivity contribution in [3.63, 3.8) is 0 Å². The molecule has 2 heteroatoms. The third-order valence-electron chi connectivity index (χ3n) is 2.85. The van der Waals surface area contributed by atoms with E-state index < -0.39 is 12.2 Å². The van der Waals surface area contributed by atoms with Gasteiger partial charge in [0.25, 0.3) is 0 Å². The maximum Gasteiger partial charge on any atom is 0.0774 e. The van der Waals surface area contributed by atoms with Crippen molar-refractivity contribution in [3.8, 4) is 0 Å². The van der Waals surface area contributed by atoms with Gasteiger partial charge in [-0.3, -0.25) is 0 Å². The second-order valence-electron chi connectivity index (χ2n) is 4.10. The Morgan fingerprint density at radius 1 is 1.19 bits per heavy atom. The van der Waals surface area contributed by atoms with Crippen LogP contribution in [0.4, 0.5) is 0 Å². The van der Waals surface area contributed by atoms with Crippen LogP contribution in [0.2, 0.25) is 0 Å². The van der Waals surface area contributed by atoms with Crippen molar-refractivity contribution in [2.75, 3.05) is 0 Å². The van der Waals surface area contributed by atoms with Gasteiger partial charge in [0.15, 0.2) is 0 Å². The van der Waals surface area contributed by atoms with Gasteiger partial charge in [0.1, 0.15) is 0 Å². The van der Waals surface area contributed by atoms with Gasteiger partial charge in [-0.2, -0.15) is 0 Å². The molecule has 0 saturated carbocycles. The monoisotopic (exact) mass is 220 g/mol. The first-order valence-corrected chi connectivity index (χ1v) is 5.74. The fourth-order valence-electron chi connectivity index (χ4n) is 1.55. The Morgan fingerprint density at radius 3 is 2.38 bits per heavy atom. The van der Waals surface area contributed by atoms with Gasteiger partial charge in [-0.1, -0.05) is 56.3 Å². The molecule has 0 unspecified atom stereocenters. The molecule has 0 saturated heterocycles. The smallest absolute Gasteiger partial charge is 0.0774 e. The highest BCUT2D eigenvalue weighted by Gasteiger charge is 2.18. The molecule has 0 bridgehead atoms. The summed E-state index contributed by atoms with van der Waals surface area (Å²) in [7, 11) is 0. The van der Waals surface area contributed by atoms with E-state index in [4.69, 9.17) is 0 Å². The minimum atomic E-state index is -0.602. The molecule has 16 heavy (non-hydrogen) atoms. The van der Waals surface area contributed by atoms with Crippen molar-refractivity contribution >= 4 is 6.08 Å². The third kappa shape index (κ3) is 3.80. The molecular weight excluding hydrogens is 200 g/mol. The molecule has 2 N–H and O–H groups in total. The average molecular weight is 220 g/mol. The van der Waals surface area contributed by atoms with Crippen molar-refractivity contribution in [1.29, 1.82) is 0 Å². The Morgan fingerprint density at radius 2 is 1.81 bits per heavy atom. The predicted molar refractivity (Wildman–Crippen MR) is 66.9 cm³/mol. The molecular formula is C14H20O2. The lowest BCUT2D eigenvalue weighted by atomic mass is 9.95. The van der Waals surface area contributed by atoms with Gasteiger partial charge in [-0.05, 0) is 12.0 Å². The SMILES string of the molecule is CC[C@H](O)[C@@H](C)[C@@H](O)/C=C/c1ccccc1. The van der Waals surface area contributed by atoms with E-state index in [-0.39, 0.29) is 5.92 Å². The zero-order valence-corrected chi connectivity index (χ0v) is 9.88. The van der Waals surface area contributed by atoms with Crippen LogP contribution < -0.4 is 0 Å². The fraction of sp³-hybridized carbons (Fsp3) is 0.429. The summed E-state index contributed by atoms with van der Waals surface area (Å²) in [6, 6.07) is 9.82. The Bertz CT molecular complexity index is 319. The lowest BCUT2D eigenvalue weighted by Gasteiger charge is -2.20. The summed E-state index contributed by atoms with van der Waals surface area (Å²) in [6.07, 6.45) is 3.23. The second kappa shape index (κ2) is 6.46. The van der Waals surface area contributed by atoms with E-state index in [2.05, 4.69) is 0 Å². The zero-order valence-electron chi connectivity index (χ0n) is 9.88. The largest absolute Gasteiger partial charge is 0.393 e. The molecule has 0 aliphatic rings. The Labute approximate surface area is 97.2 Å². The van der Waals surface area contributed by atoms with Crippen LogP contribution in [-0.4, -0.2) is 22.4 Å². The summed E-state index contributed by atoms with van der Waals surface area (Å²) < 4.78 is 0. The van der Waals surface area contributed by atoms with E-state index in [1.54, 1.807) is 6.08 Å². The molecule has 0 amide bonds. The van der Waals surface area contributed by atoms with Crippen LogP contribution in [0.15, 0.2) is 36.4 Å². The topological polar surface area (TPSA) is 40.5 Å². The molecule has 1 rings (SSSR count). The van der Waals surface area contributed by atoms with Gasteiger partial charge in [0.2, 0.25) is 0 Å². The molecule has 0 aliphatic carbocycles. The number of aliphatic hydroxyl groups excluding tert-OH is 2. The molecule has 2 nitrogen and oxygen atoms in total. The van der Waals surface area contributed by atoms with Gasteiger partial charge < -0.3 is 10.2 Å².